The molecule has 118 valence electrons. The Morgan fingerprint density at radius 2 is 1.80 bits per heavy atom. The predicted molar refractivity (Wildman–Crippen MR) is 86.1 cm³/mol. The molecule has 0 spiro atoms. The Hall–Kier alpha value is -0.910. The highest BCUT2D eigenvalue weighted by Gasteiger charge is 2.35. The lowest BCUT2D eigenvalue weighted by Gasteiger charge is -2.02. The summed E-state index contributed by atoms with van der Waals surface area (Å²) < 4.78 is 0. The van der Waals surface area contributed by atoms with Gasteiger partial charge in [0.1, 0.15) is 0 Å². The number of thioether (sulfide) groups is 1. The van der Waals surface area contributed by atoms with E-state index in [4.69, 9.17) is 0 Å². The van der Waals surface area contributed by atoms with Gasteiger partial charge in [-0.3, -0.25) is 4.79 Å². The molecule has 2 heterocycles. The van der Waals surface area contributed by atoms with E-state index in [1.165, 1.54) is 0 Å². The third-order valence-corrected chi connectivity index (χ3v) is 4.03. The third-order valence-electron chi connectivity index (χ3n) is 2.84. The topological polar surface area (TPSA) is 70.2 Å². The Labute approximate surface area is 127 Å². The maximum Gasteiger partial charge on any atom is 0.315 e. The van der Waals surface area contributed by atoms with Crippen LogP contribution in [-0.2, 0) is 4.79 Å². The number of amides is 3. The van der Waals surface area contributed by atoms with E-state index in [2.05, 4.69) is 22.9 Å². The third kappa shape index (κ3) is 7.62. The highest BCUT2D eigenvalue weighted by atomic mass is 32.2. The van der Waals surface area contributed by atoms with Crippen molar-refractivity contribution in [2.45, 2.75) is 59.0 Å². The summed E-state index contributed by atoms with van der Waals surface area (Å²) >= 11 is 1.89. The van der Waals surface area contributed by atoms with Crippen LogP contribution in [0.15, 0.2) is 0 Å². The molecule has 3 N–H and O–H groups in total. The molecule has 0 aromatic rings. The Morgan fingerprint density at radius 1 is 1.25 bits per heavy atom. The SMILES string of the molecule is CC.CCCCC(=O)NCC.O=C1NC2CSCC2N1. The zero-order valence-electron chi connectivity index (χ0n) is 13.1. The van der Waals surface area contributed by atoms with Gasteiger partial charge in [0.15, 0.2) is 0 Å². The Bertz CT molecular complexity index is 272. The van der Waals surface area contributed by atoms with Crippen LogP contribution in [0, 0.1) is 0 Å². The molecule has 0 aromatic heterocycles. The molecule has 6 heteroatoms. The van der Waals surface area contributed by atoms with E-state index >= 15 is 0 Å². The van der Waals surface area contributed by atoms with Crippen molar-refractivity contribution in [2.75, 3.05) is 18.1 Å². The second-order valence-electron chi connectivity index (χ2n) is 4.43. The zero-order valence-corrected chi connectivity index (χ0v) is 13.9. The van der Waals surface area contributed by atoms with Gasteiger partial charge in [0.2, 0.25) is 5.91 Å². The molecule has 2 aliphatic heterocycles. The molecule has 2 unspecified atom stereocenters. The van der Waals surface area contributed by atoms with Gasteiger partial charge in [-0.2, -0.15) is 11.8 Å². The van der Waals surface area contributed by atoms with Gasteiger partial charge in [0.05, 0.1) is 12.1 Å². The summed E-state index contributed by atoms with van der Waals surface area (Å²) in [7, 11) is 0. The molecule has 0 saturated carbocycles. The summed E-state index contributed by atoms with van der Waals surface area (Å²) in [6.45, 7) is 8.77. The first-order valence-corrected chi connectivity index (χ1v) is 8.74. The second kappa shape index (κ2) is 11.9. The van der Waals surface area contributed by atoms with Crippen LogP contribution < -0.4 is 16.0 Å². The molecular formula is C14H29N3O2S. The number of hydrogen-bond donors (Lipinski definition) is 3. The van der Waals surface area contributed by atoms with Gasteiger partial charge >= 0.3 is 6.03 Å². The lowest BCUT2D eigenvalue weighted by molar-refractivity contribution is -0.121. The minimum Gasteiger partial charge on any atom is -0.356 e. The molecule has 2 atom stereocenters. The van der Waals surface area contributed by atoms with Gasteiger partial charge in [-0.15, -0.1) is 0 Å². The fraction of sp³-hybridized carbons (Fsp3) is 0.857. The smallest absolute Gasteiger partial charge is 0.315 e. The molecule has 0 bridgehead atoms. The molecular weight excluding hydrogens is 274 g/mol. The molecule has 2 rings (SSSR count). The van der Waals surface area contributed by atoms with E-state index in [1.807, 2.05) is 32.5 Å². The molecule has 0 aromatic carbocycles. The molecule has 0 aliphatic carbocycles. The van der Waals surface area contributed by atoms with Crippen molar-refractivity contribution >= 4 is 23.7 Å². The summed E-state index contributed by atoms with van der Waals surface area (Å²) in [6.07, 6.45) is 2.79. The molecule has 2 aliphatic rings. The first-order chi connectivity index (χ1) is 9.67. The Balaban J connectivity index is 0.000000321. The number of nitrogens with one attached hydrogen (secondary N) is 3. The van der Waals surface area contributed by atoms with Crippen LogP contribution in [0.25, 0.3) is 0 Å². The van der Waals surface area contributed by atoms with Crippen molar-refractivity contribution in [3.05, 3.63) is 0 Å². The van der Waals surface area contributed by atoms with Crippen LogP contribution in [0.4, 0.5) is 4.79 Å². The van der Waals surface area contributed by atoms with Crippen molar-refractivity contribution in [2.24, 2.45) is 0 Å². The number of unbranched alkanes of at least 4 members (excludes halogenated alkanes) is 1. The predicted octanol–water partition coefficient (Wildman–Crippen LogP) is 2.12. The zero-order chi connectivity index (χ0) is 15.4. The van der Waals surface area contributed by atoms with E-state index in [0.717, 1.165) is 30.9 Å². The van der Waals surface area contributed by atoms with Crippen LogP contribution in [0.1, 0.15) is 47.0 Å². The second-order valence-corrected chi connectivity index (χ2v) is 5.50. The van der Waals surface area contributed by atoms with Crippen LogP contribution in [0.2, 0.25) is 0 Å². The average molecular weight is 303 g/mol. The highest BCUT2D eigenvalue weighted by Crippen LogP contribution is 2.20. The van der Waals surface area contributed by atoms with E-state index in [-0.39, 0.29) is 11.9 Å². The largest absolute Gasteiger partial charge is 0.356 e. The number of hydrogen-bond acceptors (Lipinski definition) is 3. The molecule has 0 radical (unpaired) electrons. The summed E-state index contributed by atoms with van der Waals surface area (Å²) in [5.74, 6) is 2.33. The number of rotatable bonds is 4. The monoisotopic (exact) mass is 303 g/mol. The normalized spacial score (nSPS) is 22.3. The standard InChI is InChI=1S/C7H15NO.C5H8N2OS.C2H6/c1-3-5-6-7(9)8-4-2;8-5-6-3-1-9-2-4(3)7-5;1-2/h3-6H2,1-2H3,(H,8,9);3-4H,1-2H2,(H2,6,7,8);1-2H3. The average Bonchev–Trinajstić information content (AvgIpc) is 3.00. The van der Waals surface area contributed by atoms with E-state index in [9.17, 15) is 9.59 Å². The first-order valence-electron chi connectivity index (χ1n) is 7.58. The van der Waals surface area contributed by atoms with Crippen LogP contribution in [-0.4, -0.2) is 42.1 Å². The van der Waals surface area contributed by atoms with Gasteiger partial charge in [0.25, 0.3) is 0 Å². The fourth-order valence-corrected chi connectivity index (χ4v) is 3.12. The van der Waals surface area contributed by atoms with Gasteiger partial charge < -0.3 is 16.0 Å². The van der Waals surface area contributed by atoms with Crippen molar-refractivity contribution in [1.29, 1.82) is 0 Å². The minimum absolute atomic E-state index is 0.00491. The fourth-order valence-electron chi connectivity index (χ4n) is 1.84. The first kappa shape index (κ1) is 19.1. The van der Waals surface area contributed by atoms with E-state index in [1.54, 1.807) is 0 Å². The summed E-state index contributed by atoms with van der Waals surface area (Å²) in [6, 6.07) is 0.815. The van der Waals surface area contributed by atoms with Crippen molar-refractivity contribution in [3.8, 4) is 0 Å². The van der Waals surface area contributed by atoms with E-state index in [0.29, 0.717) is 18.5 Å². The van der Waals surface area contributed by atoms with Gasteiger partial charge in [0, 0.05) is 24.5 Å². The lowest BCUT2D eigenvalue weighted by atomic mass is 10.2. The summed E-state index contributed by atoms with van der Waals surface area (Å²) in [5, 5.41) is 8.43. The van der Waals surface area contributed by atoms with Gasteiger partial charge in [-0.1, -0.05) is 27.2 Å². The maximum atomic E-state index is 10.7. The lowest BCUT2D eigenvalue weighted by Crippen LogP contribution is -2.31. The summed E-state index contributed by atoms with van der Waals surface area (Å²) in [5.41, 5.74) is 0. The van der Waals surface area contributed by atoms with Gasteiger partial charge in [-0.05, 0) is 13.3 Å². The van der Waals surface area contributed by atoms with Crippen LogP contribution in [0.3, 0.4) is 0 Å². The Morgan fingerprint density at radius 3 is 2.25 bits per heavy atom. The number of fused-ring (bicyclic) bond motifs is 1. The minimum atomic E-state index is 0.00491. The van der Waals surface area contributed by atoms with Crippen LogP contribution in [0.5, 0.6) is 0 Å². The molecule has 2 fully saturated rings. The summed E-state index contributed by atoms with van der Waals surface area (Å²) in [4.78, 5) is 21.3. The number of carbonyl (C=O) groups excluding carboxylic acids is 2. The van der Waals surface area contributed by atoms with Crippen LogP contribution >= 0.6 is 11.8 Å². The van der Waals surface area contributed by atoms with Crippen molar-refractivity contribution < 1.29 is 9.59 Å². The quantitative estimate of drug-likeness (QED) is 0.697. The van der Waals surface area contributed by atoms with Crippen molar-refractivity contribution in [1.82, 2.24) is 16.0 Å². The molecule has 2 saturated heterocycles. The Kier molecular flexibility index (Phi) is 11.3. The number of urea groups is 1. The highest BCUT2D eigenvalue weighted by molar-refractivity contribution is 7.99. The molecule has 5 nitrogen and oxygen atoms in total. The number of carbonyl (C=O) groups is 2. The molecule has 20 heavy (non-hydrogen) atoms. The molecule has 3 amide bonds. The maximum absolute atomic E-state index is 10.7. The van der Waals surface area contributed by atoms with E-state index < -0.39 is 0 Å². The van der Waals surface area contributed by atoms with Crippen molar-refractivity contribution in [3.63, 3.8) is 0 Å². The van der Waals surface area contributed by atoms with Gasteiger partial charge in [-0.25, -0.2) is 4.79 Å².